The summed E-state index contributed by atoms with van der Waals surface area (Å²) < 4.78 is 53.2. The minimum Gasteiger partial charge on any atom is -0.462 e. The zero-order chi connectivity index (χ0) is 29.9. The Labute approximate surface area is 235 Å². The fraction of sp³-hybridized carbons (Fsp3) is 0.440. The summed E-state index contributed by atoms with van der Waals surface area (Å²) in [5.41, 5.74) is 3.36. The van der Waals surface area contributed by atoms with Crippen LogP contribution in [0.2, 0.25) is 0 Å². The fourth-order valence-electron chi connectivity index (χ4n) is 4.10. The molecular weight excluding hydrogens is 560 g/mol. The number of rotatable bonds is 11. The Morgan fingerprint density at radius 2 is 2.05 bits per heavy atom. The summed E-state index contributed by atoms with van der Waals surface area (Å²) in [5.74, 6) is 1.57. The molecule has 0 spiro atoms. The van der Waals surface area contributed by atoms with Crippen molar-refractivity contribution in [2.75, 3.05) is 24.7 Å². The number of nitrogen functional groups attached to an aromatic ring is 1. The number of imidazole rings is 1. The Morgan fingerprint density at radius 1 is 1.34 bits per heavy atom. The van der Waals surface area contributed by atoms with Crippen LogP contribution in [0.5, 0.6) is 5.75 Å². The van der Waals surface area contributed by atoms with Crippen LogP contribution >= 0.6 is 7.75 Å². The number of aliphatic hydroxyl groups is 1. The lowest BCUT2D eigenvalue weighted by Crippen LogP contribution is -2.42. The molecule has 1 aromatic carbocycles. The van der Waals surface area contributed by atoms with Crippen molar-refractivity contribution in [2.45, 2.75) is 57.0 Å². The molecule has 14 nitrogen and oxygen atoms in total. The molecule has 1 unspecified atom stereocenters. The molecule has 0 amide bonds. The molecule has 0 radical (unpaired) electrons. The Hall–Kier alpha value is -3.80. The van der Waals surface area contributed by atoms with E-state index < -0.39 is 56.6 Å². The summed E-state index contributed by atoms with van der Waals surface area (Å²) in [4.78, 5) is 24.7. The standard InChI is InChI=1S/C25H31FN7O7P/c1-6-25(26)19(34)17(39-23(25)33-13-29-18-20(28-5)30-24(27)31-21(18)33)12-37-41(36,40-16-10-8-7-9-11-16)32-15(4)22(35)38-14(2)3/h1,7-11,13-15,17,19,23,34H,12H2,2-5H3,(H,32,36)(H3,27,28,30,31)/t15-,17-,19-,23-,25-,41?/m1/s1. The first-order valence-corrected chi connectivity index (χ1v) is 14.1. The predicted octanol–water partition coefficient (Wildman–Crippen LogP) is 2.18. The topological polar surface area (TPSA) is 185 Å². The van der Waals surface area contributed by atoms with Gasteiger partial charge in [-0.1, -0.05) is 24.1 Å². The second-order valence-corrected chi connectivity index (χ2v) is 11.1. The number of hydrogen-bond acceptors (Lipinski definition) is 12. The molecule has 5 N–H and O–H groups in total. The average molecular weight is 592 g/mol. The van der Waals surface area contributed by atoms with Gasteiger partial charge in [-0.2, -0.15) is 15.1 Å². The zero-order valence-corrected chi connectivity index (χ0v) is 23.6. The Balaban J connectivity index is 1.60. The zero-order valence-electron chi connectivity index (χ0n) is 22.7. The summed E-state index contributed by atoms with van der Waals surface area (Å²) in [6.45, 7) is 4.08. The van der Waals surface area contributed by atoms with E-state index >= 15 is 4.39 Å². The number of carbonyl (C=O) groups excluding carboxylic acids is 1. The third kappa shape index (κ3) is 6.27. The quantitative estimate of drug-likeness (QED) is 0.145. The number of aromatic nitrogens is 4. The van der Waals surface area contributed by atoms with E-state index in [1.165, 1.54) is 30.0 Å². The third-order valence-electron chi connectivity index (χ3n) is 6.03. The number of alkyl halides is 1. The van der Waals surface area contributed by atoms with Crippen LogP contribution in [0.25, 0.3) is 11.2 Å². The highest BCUT2D eigenvalue weighted by molar-refractivity contribution is 7.52. The van der Waals surface area contributed by atoms with Crippen molar-refractivity contribution in [3.8, 4) is 18.1 Å². The number of para-hydroxylation sites is 1. The monoisotopic (exact) mass is 591 g/mol. The van der Waals surface area contributed by atoms with Gasteiger partial charge in [-0.05, 0) is 32.9 Å². The molecule has 1 aliphatic rings. The largest absolute Gasteiger partial charge is 0.462 e. The maximum absolute atomic E-state index is 16.1. The second kappa shape index (κ2) is 12.0. The van der Waals surface area contributed by atoms with Crippen LogP contribution in [0, 0.1) is 12.3 Å². The van der Waals surface area contributed by atoms with Gasteiger partial charge in [0.1, 0.15) is 24.0 Å². The second-order valence-electron chi connectivity index (χ2n) is 9.42. The molecule has 41 heavy (non-hydrogen) atoms. The number of esters is 1. The molecule has 16 heteroatoms. The highest BCUT2D eigenvalue weighted by Gasteiger charge is 2.58. The molecule has 3 aromatic rings. The Kier molecular flexibility index (Phi) is 8.81. The number of benzene rings is 1. The molecule has 1 fully saturated rings. The lowest BCUT2D eigenvalue weighted by Gasteiger charge is -2.25. The van der Waals surface area contributed by atoms with E-state index in [9.17, 15) is 14.5 Å². The first-order chi connectivity index (χ1) is 19.4. The van der Waals surface area contributed by atoms with Crippen LogP contribution in [0.15, 0.2) is 36.7 Å². The van der Waals surface area contributed by atoms with Crippen LogP contribution in [0.1, 0.15) is 27.0 Å². The summed E-state index contributed by atoms with van der Waals surface area (Å²) in [7, 11) is -2.75. The number of nitrogens with one attached hydrogen (secondary N) is 2. The minimum atomic E-state index is -4.34. The van der Waals surface area contributed by atoms with E-state index in [2.05, 4.69) is 25.4 Å². The number of nitrogens with zero attached hydrogens (tertiary/aromatic N) is 4. The lowest BCUT2D eigenvalue weighted by molar-refractivity contribution is -0.149. The smallest absolute Gasteiger partial charge is 0.459 e. The van der Waals surface area contributed by atoms with E-state index in [1.807, 2.05) is 5.92 Å². The summed E-state index contributed by atoms with van der Waals surface area (Å²) >= 11 is 0. The van der Waals surface area contributed by atoms with Gasteiger partial charge in [0.15, 0.2) is 23.2 Å². The Bertz CT molecular complexity index is 1480. The fourth-order valence-corrected chi connectivity index (χ4v) is 5.60. The molecule has 2 aromatic heterocycles. The van der Waals surface area contributed by atoms with Crippen LogP contribution in [-0.4, -0.2) is 74.3 Å². The number of aliphatic hydroxyl groups excluding tert-OH is 1. The number of halogens is 1. The van der Waals surface area contributed by atoms with Crippen molar-refractivity contribution in [3.05, 3.63) is 36.7 Å². The first-order valence-electron chi connectivity index (χ1n) is 12.6. The molecule has 220 valence electrons. The van der Waals surface area contributed by atoms with Crippen LogP contribution < -0.4 is 20.7 Å². The number of nitrogens with two attached hydrogens (primary N) is 1. The molecule has 0 aliphatic carbocycles. The maximum atomic E-state index is 16.1. The van der Waals surface area contributed by atoms with Crippen molar-refractivity contribution in [2.24, 2.45) is 0 Å². The number of terminal acetylenes is 1. The summed E-state index contributed by atoms with van der Waals surface area (Å²) in [6.07, 6.45) is 1.32. The van der Waals surface area contributed by atoms with Gasteiger partial charge in [-0.15, -0.1) is 6.42 Å². The van der Waals surface area contributed by atoms with Crippen molar-refractivity contribution in [1.82, 2.24) is 24.6 Å². The van der Waals surface area contributed by atoms with Crippen molar-refractivity contribution in [1.29, 1.82) is 0 Å². The SMILES string of the molecule is C#C[C@@]1(F)[C@H](O)[C@@H](COP(=O)(N[C@H](C)C(=O)OC(C)C)Oc2ccccc2)O[C@H]1n1cnc2c(NC)nc(N)nc21. The molecular formula is C25H31FN7O7P. The van der Waals surface area contributed by atoms with Crippen molar-refractivity contribution < 1.29 is 37.4 Å². The van der Waals surface area contributed by atoms with Gasteiger partial charge in [0.25, 0.3) is 0 Å². The highest BCUT2D eigenvalue weighted by Crippen LogP contribution is 2.48. The van der Waals surface area contributed by atoms with Gasteiger partial charge in [-0.25, -0.2) is 13.9 Å². The van der Waals surface area contributed by atoms with E-state index in [0.717, 1.165) is 0 Å². The van der Waals surface area contributed by atoms with E-state index in [1.54, 1.807) is 39.1 Å². The van der Waals surface area contributed by atoms with Crippen LogP contribution in [0.4, 0.5) is 16.2 Å². The molecule has 6 atom stereocenters. The molecule has 1 aliphatic heterocycles. The highest BCUT2D eigenvalue weighted by atomic mass is 31.2. The lowest BCUT2D eigenvalue weighted by atomic mass is 9.97. The first kappa shape index (κ1) is 30.2. The van der Waals surface area contributed by atoms with Crippen LogP contribution in [-0.2, 0) is 23.4 Å². The third-order valence-corrected chi connectivity index (χ3v) is 7.67. The van der Waals surface area contributed by atoms with Gasteiger partial charge in [-0.3, -0.25) is 13.9 Å². The number of anilines is 2. The number of fused-ring (bicyclic) bond motifs is 1. The minimum absolute atomic E-state index is 0.0927. The van der Waals surface area contributed by atoms with Gasteiger partial charge < -0.3 is 30.2 Å². The number of carbonyl (C=O) groups is 1. The molecule has 1 saturated heterocycles. The van der Waals surface area contributed by atoms with Gasteiger partial charge in [0.2, 0.25) is 11.6 Å². The number of ether oxygens (including phenoxy) is 2. The van der Waals surface area contributed by atoms with Crippen molar-refractivity contribution >= 4 is 36.6 Å². The van der Waals surface area contributed by atoms with E-state index in [4.69, 9.17) is 30.7 Å². The average Bonchev–Trinajstić information content (AvgIpc) is 3.45. The molecule has 0 bridgehead atoms. The van der Waals surface area contributed by atoms with Crippen molar-refractivity contribution in [3.63, 3.8) is 0 Å². The van der Waals surface area contributed by atoms with Crippen LogP contribution in [0.3, 0.4) is 0 Å². The van der Waals surface area contributed by atoms with Gasteiger partial charge >= 0.3 is 13.7 Å². The summed E-state index contributed by atoms with van der Waals surface area (Å²) in [6, 6.07) is 6.92. The Morgan fingerprint density at radius 3 is 2.68 bits per heavy atom. The number of hydrogen-bond donors (Lipinski definition) is 4. The molecule has 0 saturated carbocycles. The maximum Gasteiger partial charge on any atom is 0.459 e. The van der Waals surface area contributed by atoms with Gasteiger partial charge in [0.05, 0.1) is 19.0 Å². The van der Waals surface area contributed by atoms with E-state index in [0.29, 0.717) is 0 Å². The van der Waals surface area contributed by atoms with E-state index in [-0.39, 0.29) is 28.7 Å². The van der Waals surface area contributed by atoms with Gasteiger partial charge in [0, 0.05) is 7.05 Å². The normalized spacial score (nSPS) is 24.5. The summed E-state index contributed by atoms with van der Waals surface area (Å²) in [5, 5.41) is 16.2. The predicted molar refractivity (Wildman–Crippen MR) is 146 cm³/mol. The molecule has 3 heterocycles. The molecule has 4 rings (SSSR count).